The highest BCUT2D eigenvalue weighted by Crippen LogP contribution is 2.26. The molecule has 0 radical (unpaired) electrons. The molecule has 8 heteroatoms. The van der Waals surface area contributed by atoms with Gasteiger partial charge >= 0.3 is 0 Å². The number of H-pyrrole nitrogens is 1. The van der Waals surface area contributed by atoms with Crippen LogP contribution in [0, 0.1) is 5.92 Å². The van der Waals surface area contributed by atoms with Crippen molar-refractivity contribution < 1.29 is 4.79 Å². The molecule has 1 saturated heterocycles. The first kappa shape index (κ1) is 19.6. The summed E-state index contributed by atoms with van der Waals surface area (Å²) in [6, 6.07) is 7.56. The average Bonchev–Trinajstić information content (AvgIpc) is 3.41. The SMILES string of the molecule is CCC(C)C(NC(=O)c1nc(N2CCCC2)ncc1Cl)c1nc2ccccc2[nH]1. The summed E-state index contributed by atoms with van der Waals surface area (Å²) in [4.78, 5) is 32.0. The lowest BCUT2D eigenvalue weighted by atomic mass is 9.98. The fourth-order valence-corrected chi connectivity index (χ4v) is 3.81. The summed E-state index contributed by atoms with van der Waals surface area (Å²) in [6.45, 7) is 5.99. The van der Waals surface area contributed by atoms with Crippen LogP contribution in [0.25, 0.3) is 11.0 Å². The van der Waals surface area contributed by atoms with E-state index < -0.39 is 0 Å². The molecule has 3 heterocycles. The number of benzene rings is 1. The molecule has 2 N–H and O–H groups in total. The third-order valence-electron chi connectivity index (χ3n) is 5.54. The van der Waals surface area contributed by atoms with E-state index in [4.69, 9.17) is 11.6 Å². The molecule has 2 aromatic heterocycles. The molecule has 1 fully saturated rings. The van der Waals surface area contributed by atoms with Crippen LogP contribution in [0.1, 0.15) is 55.5 Å². The van der Waals surface area contributed by atoms with Crippen molar-refractivity contribution >= 4 is 34.5 Å². The zero-order chi connectivity index (χ0) is 20.4. The number of aromatic nitrogens is 4. The van der Waals surface area contributed by atoms with Crippen molar-refractivity contribution in [2.75, 3.05) is 18.0 Å². The third kappa shape index (κ3) is 4.05. The van der Waals surface area contributed by atoms with E-state index in [0.29, 0.717) is 5.95 Å². The lowest BCUT2D eigenvalue weighted by Crippen LogP contribution is -2.34. The van der Waals surface area contributed by atoms with E-state index in [1.807, 2.05) is 24.3 Å². The van der Waals surface area contributed by atoms with Crippen LogP contribution in [-0.2, 0) is 0 Å². The Hall–Kier alpha value is -2.67. The van der Waals surface area contributed by atoms with Crippen molar-refractivity contribution in [1.29, 1.82) is 0 Å². The molecule has 0 saturated carbocycles. The number of amides is 1. The summed E-state index contributed by atoms with van der Waals surface area (Å²) in [5.41, 5.74) is 2.02. The number of aromatic amines is 1. The van der Waals surface area contributed by atoms with Crippen LogP contribution >= 0.6 is 11.6 Å². The van der Waals surface area contributed by atoms with Crippen LogP contribution in [0.2, 0.25) is 5.02 Å². The molecule has 4 rings (SSSR count). The van der Waals surface area contributed by atoms with Gasteiger partial charge in [0.25, 0.3) is 5.91 Å². The van der Waals surface area contributed by atoms with E-state index >= 15 is 0 Å². The molecule has 1 aromatic carbocycles. The van der Waals surface area contributed by atoms with E-state index in [9.17, 15) is 4.79 Å². The number of carbonyl (C=O) groups is 1. The van der Waals surface area contributed by atoms with Gasteiger partial charge in [-0.05, 0) is 30.9 Å². The zero-order valence-corrected chi connectivity index (χ0v) is 17.4. The maximum Gasteiger partial charge on any atom is 0.272 e. The zero-order valence-electron chi connectivity index (χ0n) is 16.7. The molecule has 2 unspecified atom stereocenters. The molecule has 152 valence electrons. The summed E-state index contributed by atoms with van der Waals surface area (Å²) in [6.07, 6.45) is 4.61. The first-order valence-electron chi connectivity index (χ1n) is 10.1. The van der Waals surface area contributed by atoms with Gasteiger partial charge in [-0.1, -0.05) is 44.0 Å². The van der Waals surface area contributed by atoms with Gasteiger partial charge in [0.05, 0.1) is 28.3 Å². The van der Waals surface area contributed by atoms with E-state index in [0.717, 1.165) is 49.2 Å². The molecule has 0 spiro atoms. The molecule has 0 bridgehead atoms. The van der Waals surface area contributed by atoms with Crippen molar-refractivity contribution in [3.8, 4) is 0 Å². The molecular weight excluding hydrogens is 388 g/mol. The Kier molecular flexibility index (Phi) is 5.67. The third-order valence-corrected chi connectivity index (χ3v) is 5.81. The van der Waals surface area contributed by atoms with E-state index in [1.165, 1.54) is 6.20 Å². The Labute approximate surface area is 174 Å². The minimum absolute atomic E-state index is 0.179. The molecule has 1 amide bonds. The minimum Gasteiger partial charge on any atom is -0.341 e. The van der Waals surface area contributed by atoms with Crippen LogP contribution < -0.4 is 10.2 Å². The van der Waals surface area contributed by atoms with Gasteiger partial charge in [-0.3, -0.25) is 4.79 Å². The largest absolute Gasteiger partial charge is 0.341 e. The number of hydrogen-bond acceptors (Lipinski definition) is 5. The van der Waals surface area contributed by atoms with Gasteiger partial charge < -0.3 is 15.2 Å². The smallest absolute Gasteiger partial charge is 0.272 e. The topological polar surface area (TPSA) is 86.8 Å². The highest BCUT2D eigenvalue weighted by atomic mass is 35.5. The second-order valence-corrected chi connectivity index (χ2v) is 7.94. The highest BCUT2D eigenvalue weighted by molar-refractivity contribution is 6.33. The van der Waals surface area contributed by atoms with Gasteiger partial charge in [0.2, 0.25) is 5.95 Å². The van der Waals surface area contributed by atoms with Crippen LogP contribution in [0.4, 0.5) is 5.95 Å². The summed E-state index contributed by atoms with van der Waals surface area (Å²) in [5, 5.41) is 3.34. The second kappa shape index (κ2) is 8.37. The summed E-state index contributed by atoms with van der Waals surface area (Å²) < 4.78 is 0. The maximum atomic E-state index is 13.1. The number of fused-ring (bicyclic) bond motifs is 1. The number of carbonyl (C=O) groups excluding carboxylic acids is 1. The van der Waals surface area contributed by atoms with Crippen molar-refractivity contribution in [3.63, 3.8) is 0 Å². The Balaban J connectivity index is 1.62. The van der Waals surface area contributed by atoms with E-state index in [-0.39, 0.29) is 28.6 Å². The standard InChI is InChI=1S/C21H25ClN6O/c1-3-13(2)17(19-24-15-8-4-5-9-16(15)25-19)26-20(29)18-14(22)12-23-21(27-18)28-10-6-7-11-28/h4-5,8-9,12-13,17H,3,6-7,10-11H2,1-2H3,(H,24,25)(H,26,29). The van der Waals surface area contributed by atoms with Crippen molar-refractivity contribution in [2.45, 2.75) is 39.2 Å². The maximum absolute atomic E-state index is 13.1. The minimum atomic E-state index is -0.316. The number of para-hydroxylation sites is 2. The van der Waals surface area contributed by atoms with E-state index in [2.05, 4.69) is 44.0 Å². The number of hydrogen-bond donors (Lipinski definition) is 2. The number of nitrogens with one attached hydrogen (secondary N) is 2. The monoisotopic (exact) mass is 412 g/mol. The molecule has 1 aliphatic heterocycles. The van der Waals surface area contributed by atoms with Gasteiger partial charge in [0, 0.05) is 13.1 Å². The number of nitrogens with zero attached hydrogens (tertiary/aromatic N) is 4. The Morgan fingerprint density at radius 1 is 1.28 bits per heavy atom. The fraction of sp³-hybridized carbons (Fsp3) is 0.429. The van der Waals surface area contributed by atoms with E-state index in [1.54, 1.807) is 0 Å². The predicted octanol–water partition coefficient (Wildman–Crippen LogP) is 4.12. The summed E-state index contributed by atoms with van der Waals surface area (Å²) >= 11 is 6.28. The van der Waals surface area contributed by atoms with Crippen LogP contribution in [0.5, 0.6) is 0 Å². The Morgan fingerprint density at radius 2 is 2.03 bits per heavy atom. The quantitative estimate of drug-likeness (QED) is 0.635. The predicted molar refractivity (Wildman–Crippen MR) is 114 cm³/mol. The van der Waals surface area contributed by atoms with Gasteiger partial charge in [-0.25, -0.2) is 15.0 Å². The van der Waals surface area contributed by atoms with Crippen molar-refractivity contribution in [3.05, 3.63) is 47.0 Å². The lowest BCUT2D eigenvalue weighted by Gasteiger charge is -2.23. The molecule has 7 nitrogen and oxygen atoms in total. The van der Waals surface area contributed by atoms with Crippen molar-refractivity contribution in [2.24, 2.45) is 5.92 Å². The van der Waals surface area contributed by atoms with Crippen molar-refractivity contribution in [1.82, 2.24) is 25.3 Å². The summed E-state index contributed by atoms with van der Waals surface area (Å²) in [7, 11) is 0. The van der Waals surface area contributed by atoms with Gasteiger partial charge in [0.1, 0.15) is 5.82 Å². The molecule has 0 aliphatic carbocycles. The highest BCUT2D eigenvalue weighted by Gasteiger charge is 2.26. The number of halogens is 1. The van der Waals surface area contributed by atoms with Crippen LogP contribution in [0.3, 0.4) is 0 Å². The molecule has 1 aliphatic rings. The molecule has 2 atom stereocenters. The lowest BCUT2D eigenvalue weighted by molar-refractivity contribution is 0.0915. The number of anilines is 1. The Morgan fingerprint density at radius 3 is 2.76 bits per heavy atom. The molecule has 29 heavy (non-hydrogen) atoms. The average molecular weight is 413 g/mol. The Bertz CT molecular complexity index is 980. The van der Waals surface area contributed by atoms with Gasteiger partial charge in [0.15, 0.2) is 5.69 Å². The van der Waals surface area contributed by atoms with Crippen LogP contribution in [0.15, 0.2) is 30.5 Å². The van der Waals surface area contributed by atoms with Gasteiger partial charge in [-0.2, -0.15) is 0 Å². The second-order valence-electron chi connectivity index (χ2n) is 7.54. The fourth-order valence-electron chi connectivity index (χ4n) is 3.63. The van der Waals surface area contributed by atoms with Crippen LogP contribution in [-0.4, -0.2) is 38.9 Å². The summed E-state index contributed by atoms with van der Waals surface area (Å²) in [5.74, 6) is 1.15. The first-order valence-corrected chi connectivity index (χ1v) is 10.5. The first-order chi connectivity index (χ1) is 14.1. The molecule has 3 aromatic rings. The van der Waals surface area contributed by atoms with Gasteiger partial charge in [-0.15, -0.1) is 0 Å². The number of imidazole rings is 1. The molecular formula is C21H25ClN6O. The number of rotatable bonds is 6. The normalized spacial score (nSPS) is 16.2.